The second kappa shape index (κ2) is 8.58. The third kappa shape index (κ3) is 6.58. The van der Waals surface area contributed by atoms with Crippen molar-refractivity contribution in [2.24, 2.45) is 0 Å². The summed E-state index contributed by atoms with van der Waals surface area (Å²) in [6.07, 6.45) is 2.55. The highest BCUT2D eigenvalue weighted by molar-refractivity contribution is 5.66. The molecule has 0 unspecified atom stereocenters. The normalized spacial score (nSPS) is 9.94. The zero-order valence-corrected chi connectivity index (χ0v) is 10.1. The van der Waals surface area contributed by atoms with Crippen LogP contribution >= 0.6 is 0 Å². The van der Waals surface area contributed by atoms with Crippen LogP contribution in [0.15, 0.2) is 30.3 Å². The molecule has 0 aliphatic carbocycles. The molecule has 0 radical (unpaired) electrons. The van der Waals surface area contributed by atoms with E-state index in [4.69, 9.17) is 4.89 Å². The van der Waals surface area contributed by atoms with Crippen molar-refractivity contribution in [3.63, 3.8) is 0 Å². The summed E-state index contributed by atoms with van der Waals surface area (Å²) in [6.45, 7) is 3.00. The van der Waals surface area contributed by atoms with E-state index in [1.54, 1.807) is 0 Å². The van der Waals surface area contributed by atoms with Crippen LogP contribution in [0.4, 0.5) is 4.79 Å². The van der Waals surface area contributed by atoms with E-state index in [2.05, 4.69) is 17.1 Å². The molecule has 94 valence electrons. The molecule has 0 aliphatic heterocycles. The van der Waals surface area contributed by atoms with Gasteiger partial charge in [0, 0.05) is 6.54 Å². The van der Waals surface area contributed by atoms with Gasteiger partial charge in [-0.1, -0.05) is 50.1 Å². The van der Waals surface area contributed by atoms with Crippen LogP contribution in [0.25, 0.3) is 0 Å². The maximum absolute atomic E-state index is 11.2. The molecule has 0 saturated carbocycles. The van der Waals surface area contributed by atoms with E-state index in [-0.39, 0.29) is 0 Å². The van der Waals surface area contributed by atoms with Crippen molar-refractivity contribution < 1.29 is 14.6 Å². The molecule has 1 rings (SSSR count). The summed E-state index contributed by atoms with van der Waals surface area (Å²) in [5, 5.41) is 2.60. The number of rotatable bonds is 7. The van der Waals surface area contributed by atoms with E-state index < -0.39 is 6.09 Å². The van der Waals surface area contributed by atoms with E-state index >= 15 is 0 Å². The van der Waals surface area contributed by atoms with Gasteiger partial charge in [0.15, 0.2) is 0 Å². The van der Waals surface area contributed by atoms with Gasteiger partial charge in [-0.2, -0.15) is 4.89 Å². The standard InChI is InChI=1S/C13H19NO3/c1-2-3-7-10-16-17-13(15)14-11-12-8-5-4-6-9-12/h4-6,8-9H,2-3,7,10-11H2,1H3,(H,14,15). The van der Waals surface area contributed by atoms with Gasteiger partial charge in [0.05, 0.1) is 6.61 Å². The average molecular weight is 237 g/mol. The van der Waals surface area contributed by atoms with Gasteiger partial charge in [-0.05, 0) is 12.0 Å². The topological polar surface area (TPSA) is 47.6 Å². The van der Waals surface area contributed by atoms with Crippen LogP contribution in [-0.2, 0) is 16.3 Å². The van der Waals surface area contributed by atoms with E-state index in [0.717, 1.165) is 24.8 Å². The van der Waals surface area contributed by atoms with Crippen molar-refractivity contribution in [1.82, 2.24) is 5.32 Å². The Labute approximate surface area is 102 Å². The Kier molecular flexibility index (Phi) is 6.82. The van der Waals surface area contributed by atoms with Crippen molar-refractivity contribution in [1.29, 1.82) is 0 Å². The molecule has 1 aromatic carbocycles. The molecule has 0 aromatic heterocycles. The Hall–Kier alpha value is -1.55. The summed E-state index contributed by atoms with van der Waals surface area (Å²) in [4.78, 5) is 20.5. The number of benzene rings is 1. The molecule has 4 heteroatoms. The minimum atomic E-state index is -0.551. The molecule has 0 saturated heterocycles. The number of unbranched alkanes of at least 4 members (excludes halogenated alkanes) is 2. The lowest BCUT2D eigenvalue weighted by atomic mass is 10.2. The first-order valence-corrected chi connectivity index (χ1v) is 5.94. The number of nitrogens with one attached hydrogen (secondary N) is 1. The van der Waals surface area contributed by atoms with Crippen LogP contribution < -0.4 is 5.32 Å². The van der Waals surface area contributed by atoms with E-state index in [9.17, 15) is 4.79 Å². The van der Waals surface area contributed by atoms with E-state index in [0.29, 0.717) is 13.2 Å². The fraction of sp³-hybridized carbons (Fsp3) is 0.462. The summed E-state index contributed by atoms with van der Waals surface area (Å²) in [7, 11) is 0. The molecule has 1 amide bonds. The second-order valence-corrected chi connectivity index (χ2v) is 3.74. The molecule has 0 aliphatic rings. The van der Waals surface area contributed by atoms with Gasteiger partial charge in [-0.15, -0.1) is 0 Å². The Morgan fingerprint density at radius 1 is 1.24 bits per heavy atom. The van der Waals surface area contributed by atoms with Gasteiger partial charge in [0.1, 0.15) is 0 Å². The molecule has 0 atom stereocenters. The SMILES string of the molecule is CCCCCOOC(=O)NCc1ccccc1. The zero-order chi connectivity index (χ0) is 12.3. The molecular formula is C13H19NO3. The highest BCUT2D eigenvalue weighted by Crippen LogP contribution is 1.98. The van der Waals surface area contributed by atoms with Gasteiger partial charge in [0.25, 0.3) is 0 Å². The number of carbonyl (C=O) groups is 1. The molecule has 1 aromatic rings. The number of hydrogen-bond donors (Lipinski definition) is 1. The molecule has 17 heavy (non-hydrogen) atoms. The number of amides is 1. The van der Waals surface area contributed by atoms with Crippen molar-refractivity contribution in [3.8, 4) is 0 Å². The fourth-order valence-corrected chi connectivity index (χ4v) is 1.31. The monoisotopic (exact) mass is 237 g/mol. The van der Waals surface area contributed by atoms with Crippen molar-refractivity contribution in [2.45, 2.75) is 32.7 Å². The average Bonchev–Trinajstić information content (AvgIpc) is 2.37. The van der Waals surface area contributed by atoms with Gasteiger partial charge >= 0.3 is 6.09 Å². The molecular weight excluding hydrogens is 218 g/mol. The Bertz CT molecular complexity index is 314. The van der Waals surface area contributed by atoms with Gasteiger partial charge < -0.3 is 5.32 Å². The Morgan fingerprint density at radius 2 is 2.00 bits per heavy atom. The zero-order valence-electron chi connectivity index (χ0n) is 10.1. The highest BCUT2D eigenvalue weighted by Gasteiger charge is 2.02. The molecule has 1 N–H and O–H groups in total. The van der Waals surface area contributed by atoms with E-state index in [1.807, 2.05) is 30.3 Å². The molecule has 0 heterocycles. The third-order valence-corrected chi connectivity index (χ3v) is 2.25. The van der Waals surface area contributed by atoms with Crippen LogP contribution in [0.5, 0.6) is 0 Å². The number of carbonyl (C=O) groups excluding carboxylic acids is 1. The van der Waals surface area contributed by atoms with Crippen LogP contribution in [0.2, 0.25) is 0 Å². The minimum Gasteiger partial charge on any atom is -0.315 e. The van der Waals surface area contributed by atoms with Gasteiger partial charge in [-0.3, -0.25) is 4.89 Å². The maximum atomic E-state index is 11.2. The third-order valence-electron chi connectivity index (χ3n) is 2.25. The fourth-order valence-electron chi connectivity index (χ4n) is 1.31. The molecule has 0 fully saturated rings. The lowest BCUT2D eigenvalue weighted by Crippen LogP contribution is -2.24. The predicted octanol–water partition coefficient (Wildman–Crippen LogP) is 3.03. The van der Waals surface area contributed by atoms with Crippen molar-refractivity contribution >= 4 is 6.09 Å². The van der Waals surface area contributed by atoms with Crippen LogP contribution in [0.3, 0.4) is 0 Å². The predicted molar refractivity (Wildman–Crippen MR) is 65.2 cm³/mol. The van der Waals surface area contributed by atoms with Crippen molar-refractivity contribution in [2.75, 3.05) is 6.61 Å². The van der Waals surface area contributed by atoms with Crippen LogP contribution in [0, 0.1) is 0 Å². The molecule has 0 spiro atoms. The van der Waals surface area contributed by atoms with Crippen molar-refractivity contribution in [3.05, 3.63) is 35.9 Å². The number of hydrogen-bond acceptors (Lipinski definition) is 3. The highest BCUT2D eigenvalue weighted by atomic mass is 17.2. The summed E-state index contributed by atoms with van der Waals surface area (Å²) >= 11 is 0. The summed E-state index contributed by atoms with van der Waals surface area (Å²) in [5.41, 5.74) is 1.02. The Balaban J connectivity index is 2.05. The van der Waals surface area contributed by atoms with Crippen LogP contribution in [-0.4, -0.2) is 12.7 Å². The lowest BCUT2D eigenvalue weighted by molar-refractivity contribution is -0.239. The second-order valence-electron chi connectivity index (χ2n) is 3.74. The molecule has 4 nitrogen and oxygen atoms in total. The first-order chi connectivity index (χ1) is 8.33. The quantitative estimate of drug-likeness (QED) is 0.450. The molecule has 0 bridgehead atoms. The summed E-state index contributed by atoms with van der Waals surface area (Å²) < 4.78 is 0. The smallest absolute Gasteiger partial charge is 0.315 e. The first kappa shape index (κ1) is 13.5. The van der Waals surface area contributed by atoms with Gasteiger partial charge in [0.2, 0.25) is 0 Å². The Morgan fingerprint density at radius 3 is 2.71 bits per heavy atom. The van der Waals surface area contributed by atoms with Crippen LogP contribution in [0.1, 0.15) is 31.7 Å². The summed E-state index contributed by atoms with van der Waals surface area (Å²) in [5.74, 6) is 0. The van der Waals surface area contributed by atoms with E-state index in [1.165, 1.54) is 0 Å². The maximum Gasteiger partial charge on any atom is 0.438 e. The first-order valence-electron chi connectivity index (χ1n) is 5.94. The van der Waals surface area contributed by atoms with Gasteiger partial charge in [-0.25, -0.2) is 4.79 Å². The summed E-state index contributed by atoms with van der Waals surface area (Å²) in [6, 6.07) is 9.64. The largest absolute Gasteiger partial charge is 0.438 e. The minimum absolute atomic E-state index is 0.442. The lowest BCUT2D eigenvalue weighted by Gasteiger charge is -2.05.